The van der Waals surface area contributed by atoms with Crippen LogP contribution in [0.4, 0.5) is 4.39 Å². The molecule has 0 amide bonds. The SMILES string of the molecule is CCCCCCCCF.CCNCC. The van der Waals surface area contributed by atoms with Crippen LogP contribution in [-0.2, 0) is 0 Å². The second-order valence-corrected chi connectivity index (χ2v) is 3.41. The highest BCUT2D eigenvalue weighted by atomic mass is 19.1. The van der Waals surface area contributed by atoms with Gasteiger partial charge in [0.15, 0.2) is 0 Å². The van der Waals surface area contributed by atoms with Gasteiger partial charge in [0, 0.05) is 0 Å². The number of hydrogen-bond donors (Lipinski definition) is 1. The summed E-state index contributed by atoms with van der Waals surface area (Å²) in [6.07, 6.45) is 6.94. The van der Waals surface area contributed by atoms with E-state index in [0.717, 1.165) is 25.9 Å². The molecular weight excluding hydrogens is 177 g/mol. The fourth-order valence-electron chi connectivity index (χ4n) is 1.12. The predicted octanol–water partition coefficient (Wildman–Crippen LogP) is 3.93. The molecule has 1 N–H and O–H groups in total. The van der Waals surface area contributed by atoms with Gasteiger partial charge in [-0.05, 0) is 19.5 Å². The maximum absolute atomic E-state index is 11.5. The molecule has 0 aliphatic carbocycles. The smallest absolute Gasteiger partial charge is 0.0894 e. The maximum Gasteiger partial charge on any atom is 0.0894 e. The minimum Gasteiger partial charge on any atom is -0.317 e. The lowest BCUT2D eigenvalue weighted by atomic mass is 10.1. The standard InChI is InChI=1S/C8H17F.C4H11N/c1-2-3-4-5-6-7-8-9;1-3-5-4-2/h2-8H2,1H3;5H,3-4H2,1-2H3. The summed E-state index contributed by atoms with van der Waals surface area (Å²) in [5.74, 6) is 0. The fourth-order valence-corrected chi connectivity index (χ4v) is 1.12. The molecule has 88 valence electrons. The number of unbranched alkanes of at least 4 members (excludes halogenated alkanes) is 5. The summed E-state index contributed by atoms with van der Waals surface area (Å²) in [6, 6.07) is 0. The van der Waals surface area contributed by atoms with E-state index in [9.17, 15) is 4.39 Å². The first-order chi connectivity index (χ1) is 6.83. The number of rotatable bonds is 8. The van der Waals surface area contributed by atoms with Crippen molar-refractivity contribution in [3.05, 3.63) is 0 Å². The Bertz CT molecular complexity index is 68.7. The molecule has 2 heteroatoms. The number of halogens is 1. The summed E-state index contributed by atoms with van der Waals surface area (Å²) >= 11 is 0. The van der Waals surface area contributed by atoms with Gasteiger partial charge >= 0.3 is 0 Å². The van der Waals surface area contributed by atoms with Crippen molar-refractivity contribution in [1.82, 2.24) is 5.32 Å². The molecule has 0 saturated carbocycles. The van der Waals surface area contributed by atoms with Crippen molar-refractivity contribution in [3.8, 4) is 0 Å². The largest absolute Gasteiger partial charge is 0.317 e. The van der Waals surface area contributed by atoms with E-state index in [2.05, 4.69) is 26.1 Å². The van der Waals surface area contributed by atoms with Gasteiger partial charge in [-0.1, -0.05) is 52.9 Å². The van der Waals surface area contributed by atoms with E-state index in [4.69, 9.17) is 0 Å². The van der Waals surface area contributed by atoms with Crippen LogP contribution in [0.1, 0.15) is 59.3 Å². The molecule has 0 heterocycles. The van der Waals surface area contributed by atoms with Gasteiger partial charge in [0.25, 0.3) is 0 Å². The topological polar surface area (TPSA) is 12.0 Å². The Labute approximate surface area is 89.5 Å². The van der Waals surface area contributed by atoms with E-state index >= 15 is 0 Å². The zero-order chi connectivity index (χ0) is 11.1. The van der Waals surface area contributed by atoms with Gasteiger partial charge in [0.2, 0.25) is 0 Å². The lowest BCUT2D eigenvalue weighted by Gasteiger charge is -1.95. The Kier molecular flexibility index (Phi) is 21.7. The second kappa shape index (κ2) is 18.6. The van der Waals surface area contributed by atoms with Crippen LogP contribution in [0.25, 0.3) is 0 Å². The van der Waals surface area contributed by atoms with Crippen LogP contribution < -0.4 is 5.32 Å². The maximum atomic E-state index is 11.5. The Morgan fingerprint density at radius 3 is 1.64 bits per heavy atom. The molecule has 0 aliphatic rings. The Balaban J connectivity index is 0. The zero-order valence-corrected chi connectivity index (χ0v) is 10.2. The summed E-state index contributed by atoms with van der Waals surface area (Å²) in [7, 11) is 0. The average Bonchev–Trinajstić information content (AvgIpc) is 2.20. The Morgan fingerprint density at radius 1 is 0.786 bits per heavy atom. The third-order valence-corrected chi connectivity index (χ3v) is 1.99. The lowest BCUT2D eigenvalue weighted by molar-refractivity contribution is 0.451. The first-order valence-electron chi connectivity index (χ1n) is 6.10. The summed E-state index contributed by atoms with van der Waals surface area (Å²) < 4.78 is 11.5. The van der Waals surface area contributed by atoms with Crippen molar-refractivity contribution in [2.45, 2.75) is 59.3 Å². The molecule has 0 aromatic rings. The average molecular weight is 205 g/mol. The van der Waals surface area contributed by atoms with Crippen LogP contribution in [-0.4, -0.2) is 19.8 Å². The van der Waals surface area contributed by atoms with Gasteiger partial charge in [-0.25, -0.2) is 0 Å². The number of alkyl halides is 1. The molecule has 0 spiro atoms. The molecule has 0 atom stereocenters. The van der Waals surface area contributed by atoms with Crippen molar-refractivity contribution in [1.29, 1.82) is 0 Å². The number of hydrogen-bond acceptors (Lipinski definition) is 1. The Hall–Kier alpha value is -0.110. The van der Waals surface area contributed by atoms with Crippen LogP contribution >= 0.6 is 0 Å². The van der Waals surface area contributed by atoms with Crippen molar-refractivity contribution in [3.63, 3.8) is 0 Å². The molecular formula is C12H28FN. The molecule has 1 nitrogen and oxygen atoms in total. The molecule has 0 aliphatic heterocycles. The normalized spacial score (nSPS) is 9.43. The molecule has 14 heavy (non-hydrogen) atoms. The van der Waals surface area contributed by atoms with E-state index in [1.807, 2.05) is 0 Å². The molecule has 0 unspecified atom stereocenters. The molecule has 0 saturated heterocycles. The summed E-state index contributed by atoms with van der Waals surface area (Å²) in [4.78, 5) is 0. The quantitative estimate of drug-likeness (QED) is 0.592. The van der Waals surface area contributed by atoms with Crippen LogP contribution in [0.5, 0.6) is 0 Å². The first kappa shape index (κ1) is 16.3. The van der Waals surface area contributed by atoms with Crippen LogP contribution in [0.15, 0.2) is 0 Å². The molecule has 0 aromatic heterocycles. The molecule has 0 aromatic carbocycles. The highest BCUT2D eigenvalue weighted by molar-refractivity contribution is 4.41. The molecule has 0 radical (unpaired) electrons. The summed E-state index contributed by atoms with van der Waals surface area (Å²) in [5, 5.41) is 3.11. The van der Waals surface area contributed by atoms with Gasteiger partial charge < -0.3 is 5.32 Å². The van der Waals surface area contributed by atoms with Gasteiger partial charge in [-0.2, -0.15) is 0 Å². The first-order valence-corrected chi connectivity index (χ1v) is 6.10. The summed E-state index contributed by atoms with van der Waals surface area (Å²) in [6.45, 7) is 8.45. The van der Waals surface area contributed by atoms with Crippen LogP contribution in [0.3, 0.4) is 0 Å². The molecule has 0 bridgehead atoms. The monoisotopic (exact) mass is 205 g/mol. The van der Waals surface area contributed by atoms with Gasteiger partial charge in [0.1, 0.15) is 0 Å². The van der Waals surface area contributed by atoms with Crippen LogP contribution in [0, 0.1) is 0 Å². The van der Waals surface area contributed by atoms with E-state index in [-0.39, 0.29) is 6.67 Å². The minimum absolute atomic E-state index is 0.133. The minimum atomic E-state index is -0.133. The van der Waals surface area contributed by atoms with Gasteiger partial charge in [-0.3, -0.25) is 4.39 Å². The Morgan fingerprint density at radius 2 is 1.29 bits per heavy atom. The second-order valence-electron chi connectivity index (χ2n) is 3.41. The van der Waals surface area contributed by atoms with E-state index in [1.165, 1.54) is 25.7 Å². The third-order valence-electron chi connectivity index (χ3n) is 1.99. The highest BCUT2D eigenvalue weighted by Crippen LogP contribution is 2.04. The highest BCUT2D eigenvalue weighted by Gasteiger charge is 1.87. The third kappa shape index (κ3) is 22.7. The molecule has 0 rings (SSSR count). The lowest BCUT2D eigenvalue weighted by Crippen LogP contribution is -2.09. The van der Waals surface area contributed by atoms with Crippen molar-refractivity contribution >= 4 is 0 Å². The van der Waals surface area contributed by atoms with Gasteiger partial charge in [0.05, 0.1) is 6.67 Å². The van der Waals surface area contributed by atoms with Crippen molar-refractivity contribution in [2.75, 3.05) is 19.8 Å². The van der Waals surface area contributed by atoms with Crippen LogP contribution in [0.2, 0.25) is 0 Å². The van der Waals surface area contributed by atoms with E-state index < -0.39 is 0 Å². The zero-order valence-electron chi connectivity index (χ0n) is 10.2. The molecule has 0 fully saturated rings. The summed E-state index contributed by atoms with van der Waals surface area (Å²) in [5.41, 5.74) is 0. The van der Waals surface area contributed by atoms with Crippen molar-refractivity contribution < 1.29 is 4.39 Å². The fraction of sp³-hybridized carbons (Fsp3) is 1.00. The van der Waals surface area contributed by atoms with E-state index in [0.29, 0.717) is 0 Å². The number of nitrogens with one attached hydrogen (secondary N) is 1. The van der Waals surface area contributed by atoms with Crippen molar-refractivity contribution in [2.24, 2.45) is 0 Å². The van der Waals surface area contributed by atoms with E-state index in [1.54, 1.807) is 0 Å². The van der Waals surface area contributed by atoms with Gasteiger partial charge in [-0.15, -0.1) is 0 Å². The predicted molar refractivity (Wildman–Crippen MR) is 63.6 cm³/mol.